The summed E-state index contributed by atoms with van der Waals surface area (Å²) in [6.45, 7) is 2.26. The Labute approximate surface area is 103 Å². The molecule has 96 valence electrons. The molecule has 0 aliphatic heterocycles. The summed E-state index contributed by atoms with van der Waals surface area (Å²) in [5, 5.41) is 8.65. The number of nitrogens with zero attached hydrogens (tertiary/aromatic N) is 1. The number of hydrogen-bond acceptors (Lipinski definition) is 3. The van der Waals surface area contributed by atoms with Crippen LogP contribution < -0.4 is 0 Å². The zero-order valence-corrected chi connectivity index (χ0v) is 11.1. The van der Waals surface area contributed by atoms with Gasteiger partial charge in [0.05, 0.1) is 5.75 Å². The monoisotopic (exact) mass is 257 g/mol. The van der Waals surface area contributed by atoms with Gasteiger partial charge in [-0.2, -0.15) is 0 Å². The third-order valence-electron chi connectivity index (χ3n) is 2.56. The molecular formula is C12H19NO3S. The number of sulfonamides is 1. The van der Waals surface area contributed by atoms with Crippen LogP contribution in [0.3, 0.4) is 0 Å². The lowest BCUT2D eigenvalue weighted by molar-refractivity contribution is 0.294. The van der Waals surface area contributed by atoms with Gasteiger partial charge in [0.15, 0.2) is 0 Å². The molecule has 0 aliphatic rings. The van der Waals surface area contributed by atoms with E-state index in [0.717, 1.165) is 11.1 Å². The van der Waals surface area contributed by atoms with E-state index >= 15 is 0 Å². The summed E-state index contributed by atoms with van der Waals surface area (Å²) in [6, 6.07) is 7.77. The zero-order chi connectivity index (χ0) is 12.9. The summed E-state index contributed by atoms with van der Waals surface area (Å²) < 4.78 is 24.9. The number of aliphatic hydroxyl groups excluding tert-OH is 1. The van der Waals surface area contributed by atoms with Crippen LogP contribution in [0.1, 0.15) is 17.5 Å². The quantitative estimate of drug-likeness (QED) is 0.831. The lowest BCUT2D eigenvalue weighted by atomic mass is 10.1. The van der Waals surface area contributed by atoms with Crippen molar-refractivity contribution in [1.29, 1.82) is 0 Å². The molecule has 0 fully saturated rings. The van der Waals surface area contributed by atoms with Crippen molar-refractivity contribution in [1.82, 2.24) is 4.31 Å². The third kappa shape index (κ3) is 4.46. The van der Waals surface area contributed by atoms with Crippen LogP contribution in [-0.4, -0.2) is 37.2 Å². The van der Waals surface area contributed by atoms with Crippen LogP contribution in [0.2, 0.25) is 0 Å². The molecule has 1 rings (SSSR count). The second-order valence-electron chi connectivity index (χ2n) is 4.13. The van der Waals surface area contributed by atoms with E-state index in [1.165, 1.54) is 4.31 Å². The predicted molar refractivity (Wildman–Crippen MR) is 68.1 cm³/mol. The maximum atomic E-state index is 11.8. The number of benzene rings is 1. The van der Waals surface area contributed by atoms with Gasteiger partial charge in [-0.3, -0.25) is 0 Å². The Bertz CT molecular complexity index is 439. The second kappa shape index (κ2) is 6.14. The van der Waals surface area contributed by atoms with E-state index < -0.39 is 10.0 Å². The lowest BCUT2D eigenvalue weighted by Gasteiger charge is -2.17. The van der Waals surface area contributed by atoms with E-state index in [-0.39, 0.29) is 18.8 Å². The van der Waals surface area contributed by atoms with Crippen molar-refractivity contribution in [3.63, 3.8) is 0 Å². The molecular weight excluding hydrogens is 238 g/mol. The van der Waals surface area contributed by atoms with Gasteiger partial charge >= 0.3 is 0 Å². The Morgan fingerprint density at radius 2 is 1.82 bits per heavy atom. The van der Waals surface area contributed by atoms with Gasteiger partial charge in [0.1, 0.15) is 0 Å². The van der Waals surface area contributed by atoms with Crippen LogP contribution in [0.25, 0.3) is 0 Å². The molecule has 1 N–H and O–H groups in total. The minimum absolute atomic E-state index is 0.00807. The Kier molecular flexibility index (Phi) is 5.11. The van der Waals surface area contributed by atoms with E-state index in [4.69, 9.17) is 5.11 Å². The first-order valence-electron chi connectivity index (χ1n) is 5.56. The van der Waals surface area contributed by atoms with Gasteiger partial charge in [-0.25, -0.2) is 12.7 Å². The number of hydrogen-bond donors (Lipinski definition) is 1. The summed E-state index contributed by atoms with van der Waals surface area (Å²) in [6.07, 6.45) is 0.278. The highest BCUT2D eigenvalue weighted by atomic mass is 32.2. The SMILES string of the molecule is Cc1ccc(CN(C)S(=O)(=O)CCCO)cc1. The molecule has 0 saturated heterocycles. The first-order chi connectivity index (χ1) is 7.95. The maximum absolute atomic E-state index is 11.8. The van der Waals surface area contributed by atoms with Crippen LogP contribution in [-0.2, 0) is 16.6 Å². The Hall–Kier alpha value is -0.910. The zero-order valence-electron chi connectivity index (χ0n) is 10.3. The fraction of sp³-hybridized carbons (Fsp3) is 0.500. The number of rotatable bonds is 6. The normalized spacial score (nSPS) is 12.0. The molecule has 0 spiro atoms. The fourth-order valence-corrected chi connectivity index (χ4v) is 2.60. The van der Waals surface area contributed by atoms with Crippen LogP contribution in [0, 0.1) is 6.92 Å². The highest BCUT2D eigenvalue weighted by Crippen LogP contribution is 2.09. The van der Waals surface area contributed by atoms with Gasteiger partial charge in [-0.05, 0) is 18.9 Å². The van der Waals surface area contributed by atoms with Gasteiger partial charge in [-0.15, -0.1) is 0 Å². The third-order valence-corrected chi connectivity index (χ3v) is 4.44. The van der Waals surface area contributed by atoms with Gasteiger partial charge in [0.25, 0.3) is 0 Å². The Morgan fingerprint density at radius 3 is 2.35 bits per heavy atom. The molecule has 0 aliphatic carbocycles. The summed E-state index contributed by atoms with van der Waals surface area (Å²) in [7, 11) is -1.70. The summed E-state index contributed by atoms with van der Waals surface area (Å²) in [4.78, 5) is 0. The van der Waals surface area contributed by atoms with E-state index in [1.807, 2.05) is 31.2 Å². The largest absolute Gasteiger partial charge is 0.396 e. The Morgan fingerprint density at radius 1 is 1.24 bits per heavy atom. The van der Waals surface area contributed by atoms with Crippen molar-refractivity contribution in [2.24, 2.45) is 0 Å². The summed E-state index contributed by atoms with van der Waals surface area (Å²) in [5.74, 6) is -0.00807. The molecule has 0 radical (unpaired) electrons. The highest BCUT2D eigenvalue weighted by molar-refractivity contribution is 7.89. The number of aliphatic hydroxyl groups is 1. The topological polar surface area (TPSA) is 57.6 Å². The van der Waals surface area contributed by atoms with Crippen molar-refractivity contribution in [3.05, 3.63) is 35.4 Å². The first kappa shape index (κ1) is 14.2. The van der Waals surface area contributed by atoms with E-state index in [0.29, 0.717) is 6.54 Å². The molecule has 0 aromatic heterocycles. The minimum Gasteiger partial charge on any atom is -0.396 e. The fourth-order valence-electron chi connectivity index (χ4n) is 1.45. The molecule has 4 nitrogen and oxygen atoms in total. The van der Waals surface area contributed by atoms with Crippen molar-refractivity contribution in [2.45, 2.75) is 19.9 Å². The highest BCUT2D eigenvalue weighted by Gasteiger charge is 2.17. The lowest BCUT2D eigenvalue weighted by Crippen LogP contribution is -2.29. The average molecular weight is 257 g/mol. The summed E-state index contributed by atoms with van der Waals surface area (Å²) in [5.41, 5.74) is 2.12. The van der Waals surface area contributed by atoms with Gasteiger partial charge in [0, 0.05) is 20.2 Å². The summed E-state index contributed by atoms with van der Waals surface area (Å²) >= 11 is 0. The molecule has 0 bridgehead atoms. The van der Waals surface area contributed by atoms with Crippen LogP contribution in [0.15, 0.2) is 24.3 Å². The average Bonchev–Trinajstić information content (AvgIpc) is 2.29. The van der Waals surface area contributed by atoms with Crippen LogP contribution >= 0.6 is 0 Å². The molecule has 17 heavy (non-hydrogen) atoms. The van der Waals surface area contributed by atoms with Gasteiger partial charge in [-0.1, -0.05) is 29.8 Å². The van der Waals surface area contributed by atoms with Crippen molar-refractivity contribution in [3.8, 4) is 0 Å². The first-order valence-corrected chi connectivity index (χ1v) is 7.17. The maximum Gasteiger partial charge on any atom is 0.214 e. The van der Waals surface area contributed by atoms with Crippen molar-refractivity contribution >= 4 is 10.0 Å². The van der Waals surface area contributed by atoms with Gasteiger partial charge in [0.2, 0.25) is 10.0 Å². The molecule has 0 amide bonds. The predicted octanol–water partition coefficient (Wildman–Crippen LogP) is 1.14. The number of aryl methyl sites for hydroxylation is 1. The van der Waals surface area contributed by atoms with E-state index in [9.17, 15) is 8.42 Å². The molecule has 0 saturated carbocycles. The second-order valence-corrected chi connectivity index (χ2v) is 6.33. The molecule has 1 aromatic rings. The smallest absolute Gasteiger partial charge is 0.214 e. The Balaban J connectivity index is 2.65. The molecule has 0 atom stereocenters. The van der Waals surface area contributed by atoms with Gasteiger partial charge < -0.3 is 5.11 Å². The molecule has 1 aromatic carbocycles. The minimum atomic E-state index is -3.26. The molecule has 5 heteroatoms. The van der Waals surface area contributed by atoms with E-state index in [1.54, 1.807) is 7.05 Å². The van der Waals surface area contributed by atoms with Crippen LogP contribution in [0.4, 0.5) is 0 Å². The van der Waals surface area contributed by atoms with Crippen molar-refractivity contribution < 1.29 is 13.5 Å². The van der Waals surface area contributed by atoms with Crippen LogP contribution in [0.5, 0.6) is 0 Å². The standard InChI is InChI=1S/C12H19NO3S/c1-11-4-6-12(7-5-11)10-13(2)17(15,16)9-3-8-14/h4-7,14H,3,8-10H2,1-2H3. The van der Waals surface area contributed by atoms with E-state index in [2.05, 4.69) is 0 Å². The van der Waals surface area contributed by atoms with Crippen molar-refractivity contribution in [2.75, 3.05) is 19.4 Å². The molecule has 0 unspecified atom stereocenters. The molecule has 0 heterocycles.